The van der Waals surface area contributed by atoms with E-state index in [1.807, 2.05) is 173 Å². The van der Waals surface area contributed by atoms with Gasteiger partial charge in [0.05, 0.1) is 37.6 Å². The molecule has 0 aliphatic heterocycles. The second-order valence-corrected chi connectivity index (χ2v) is 34.8. The van der Waals surface area contributed by atoms with Crippen molar-refractivity contribution in [1.82, 2.24) is 26.2 Å². The van der Waals surface area contributed by atoms with Gasteiger partial charge in [-0.2, -0.15) is 11.3 Å². The lowest BCUT2D eigenvalue weighted by Crippen LogP contribution is -2.19. The lowest BCUT2D eigenvalue weighted by molar-refractivity contribution is 0.183. The van der Waals surface area contributed by atoms with E-state index in [-0.39, 0.29) is 36.6 Å². The summed E-state index contributed by atoms with van der Waals surface area (Å²) < 4.78 is 70.5. The highest BCUT2D eigenvalue weighted by molar-refractivity contribution is 7.12. The third-order valence-electron chi connectivity index (χ3n) is 19.8. The summed E-state index contributed by atoms with van der Waals surface area (Å²) in [4.78, 5) is 9.66. The number of aryl methyl sites for hydroxylation is 1. The Bertz CT molecular complexity index is 5790. The second-order valence-electron chi connectivity index (χ2n) is 28.8. The summed E-state index contributed by atoms with van der Waals surface area (Å²) >= 11 is 10.4. The fourth-order valence-corrected chi connectivity index (χ4v) is 18.4. The number of benzene rings is 6. The number of furan rings is 6. The van der Waals surface area contributed by atoms with Gasteiger partial charge in [-0.25, -0.2) is 0 Å². The Balaban J connectivity index is 0.000000126. The third-order valence-corrected chi connectivity index (χ3v) is 25.4. The summed E-state index contributed by atoms with van der Waals surface area (Å²) in [7, 11) is 10.0. The van der Waals surface area contributed by atoms with Gasteiger partial charge in [0.1, 0.15) is 36.6 Å². The highest BCUT2D eigenvalue weighted by Gasteiger charge is 2.24. The molecule has 0 saturated heterocycles. The van der Waals surface area contributed by atoms with Crippen LogP contribution in [0.3, 0.4) is 0 Å². The molecule has 6 N–H and O–H groups in total. The van der Waals surface area contributed by atoms with Crippen LogP contribution in [0, 0.1) is 6.92 Å². The Labute approximate surface area is 736 Å². The van der Waals surface area contributed by atoms with E-state index in [0.29, 0.717) is 6.54 Å². The number of nitrogens with zero attached hydrogens (tertiary/aromatic N) is 1. The number of ether oxygens (including phenoxy) is 6. The number of fused-ring (bicyclic) bond motifs is 6. The summed E-state index contributed by atoms with van der Waals surface area (Å²) in [6.07, 6.45) is 15.9. The Morgan fingerprint density at radius 2 is 0.648 bits per heavy atom. The van der Waals surface area contributed by atoms with Crippen LogP contribution in [-0.4, -0.2) is 86.0 Å². The van der Waals surface area contributed by atoms with Crippen molar-refractivity contribution in [3.8, 4) is 34.5 Å². The van der Waals surface area contributed by atoms with E-state index in [9.17, 15) is 0 Å². The average molecular weight is 1750 g/mol. The maximum absolute atomic E-state index is 6.27. The molecule has 0 fully saturated rings. The molecule has 18 aromatic rings. The van der Waals surface area contributed by atoms with Gasteiger partial charge in [-0.15, -0.1) is 56.7 Å². The molecule has 0 spiro atoms. The number of thiophene rings is 6. The molecule has 12 heterocycles. The van der Waals surface area contributed by atoms with Crippen molar-refractivity contribution in [2.75, 3.05) is 81.1 Å². The van der Waals surface area contributed by atoms with Gasteiger partial charge in [0, 0.05) is 112 Å². The van der Waals surface area contributed by atoms with Crippen molar-refractivity contribution in [3.63, 3.8) is 0 Å². The number of nitrogens with two attached hydrogens (primary N) is 1. The minimum Gasteiger partial charge on any atom is -0.482 e. The fraction of sp³-hybridized carbons (Fsp3) is 0.265. The highest BCUT2D eigenvalue weighted by atomic mass is 32.1. The van der Waals surface area contributed by atoms with Crippen molar-refractivity contribution in [1.29, 1.82) is 0 Å². The zero-order valence-corrected chi connectivity index (χ0v) is 74.6. The number of hydrogen-bond acceptors (Lipinski definition) is 24. The lowest BCUT2D eigenvalue weighted by atomic mass is 10.1. The monoisotopic (exact) mass is 1750 g/mol. The molecule has 0 aliphatic carbocycles. The van der Waals surface area contributed by atoms with E-state index in [4.69, 9.17) is 60.7 Å². The SMILES string of the molecule is CCNCCC(Oc1cccc2ccoc12)c1cccs1.CN(C)CCC(Oc1cccc2ccoc12)c1cccs1.CNCCC(Oc1cccc2ccoc12)c1ccc(C)s1.CNCCC(Oc1cccc2ccoc12)c1cccs1.CNCCC(Oc1cccc2ccoc12)c1ccsc1.NCCC(Oc1cccc2ccoc12)c1cccs1. The van der Waals surface area contributed by atoms with Crippen molar-refractivity contribution in [2.45, 2.75) is 89.0 Å². The normalized spacial score (nSPS) is 12.7. The Kier molecular flexibility index (Phi) is 34.4. The van der Waals surface area contributed by atoms with Crippen LogP contribution in [-0.2, 0) is 0 Å². The van der Waals surface area contributed by atoms with E-state index >= 15 is 0 Å². The predicted octanol–water partition coefficient (Wildman–Crippen LogP) is 26.1. The van der Waals surface area contributed by atoms with Gasteiger partial charge in [0.15, 0.2) is 68.0 Å². The zero-order valence-electron chi connectivity index (χ0n) is 69.7. The zero-order chi connectivity index (χ0) is 84.5. The number of hydrogen-bond donors (Lipinski definition) is 5. The molecular weight excluding hydrogens is 1650 g/mol. The van der Waals surface area contributed by atoms with Crippen LogP contribution >= 0.6 is 68.0 Å². The maximum Gasteiger partial charge on any atom is 0.175 e. The van der Waals surface area contributed by atoms with Gasteiger partial charge in [-0.05, 0) is 229 Å². The van der Waals surface area contributed by atoms with E-state index < -0.39 is 0 Å². The molecule has 0 aliphatic rings. The van der Waals surface area contributed by atoms with Crippen molar-refractivity contribution < 1.29 is 54.9 Å². The molecule has 0 radical (unpaired) electrons. The quantitative estimate of drug-likeness (QED) is 0.0231. The molecule has 6 aromatic carbocycles. The lowest BCUT2D eigenvalue weighted by Gasteiger charge is -2.20. The average Bonchev–Trinajstić information content (AvgIpc) is 1.65. The Morgan fingerprint density at radius 3 is 0.926 bits per heavy atom. The first-order valence-corrected chi connectivity index (χ1v) is 46.3. The molecule has 0 bridgehead atoms. The molecule has 122 heavy (non-hydrogen) atoms. The molecule has 18 rings (SSSR count). The summed E-state index contributed by atoms with van der Waals surface area (Å²) in [6.45, 7) is 10.5. The fourth-order valence-electron chi connectivity index (χ4n) is 13.6. The first kappa shape index (κ1) is 89.1. The van der Waals surface area contributed by atoms with E-state index in [2.05, 4.69) is 147 Å². The van der Waals surface area contributed by atoms with Crippen molar-refractivity contribution in [3.05, 3.63) is 317 Å². The molecule has 12 aromatic heterocycles. The van der Waals surface area contributed by atoms with Crippen LogP contribution in [0.4, 0.5) is 0 Å². The van der Waals surface area contributed by atoms with Gasteiger partial charge >= 0.3 is 0 Å². The smallest absolute Gasteiger partial charge is 0.175 e. The van der Waals surface area contributed by atoms with E-state index in [1.165, 1.54) is 34.8 Å². The van der Waals surface area contributed by atoms with Gasteiger partial charge in [0.25, 0.3) is 0 Å². The summed E-state index contributed by atoms with van der Waals surface area (Å²) in [6, 6.07) is 70.7. The second kappa shape index (κ2) is 47.1. The van der Waals surface area contributed by atoms with Crippen LogP contribution in [0.15, 0.2) is 309 Å². The van der Waals surface area contributed by atoms with Crippen LogP contribution in [0.25, 0.3) is 65.8 Å². The molecule has 0 saturated carbocycles. The Hall–Kier alpha value is -10.7. The largest absolute Gasteiger partial charge is 0.482 e. The molecular formula is C98H106N6O12S6. The van der Waals surface area contributed by atoms with Crippen LogP contribution < -0.4 is 55.4 Å². The third kappa shape index (κ3) is 25.0. The van der Waals surface area contributed by atoms with Gasteiger partial charge in [-0.1, -0.05) is 104 Å². The predicted molar refractivity (Wildman–Crippen MR) is 504 cm³/mol. The summed E-state index contributed by atoms with van der Waals surface area (Å²) in [5, 5.41) is 31.9. The molecule has 18 nitrogen and oxygen atoms in total. The summed E-state index contributed by atoms with van der Waals surface area (Å²) in [5.74, 6) is 4.82. The molecule has 6 unspecified atom stereocenters. The van der Waals surface area contributed by atoms with Crippen LogP contribution in [0.1, 0.15) is 117 Å². The van der Waals surface area contributed by atoms with E-state index in [1.54, 1.807) is 106 Å². The molecule has 6 atom stereocenters. The van der Waals surface area contributed by atoms with Crippen molar-refractivity contribution in [2.24, 2.45) is 5.73 Å². The number of para-hydroxylation sites is 6. The maximum atomic E-state index is 6.27. The molecule has 0 amide bonds. The van der Waals surface area contributed by atoms with Crippen LogP contribution in [0.2, 0.25) is 0 Å². The standard InChI is InChI=1S/3C17H19NO2S.2C16H17NO2S.C15H15NO2S/c1-18(2)10-8-14(16-7-4-12-21-16)20-15-6-3-5-13-9-11-19-17(13)15;1-12-6-7-16(21-12)14(8-10-18-2)20-15-5-3-4-13-9-11-19-17(13)15;1-2-18-10-8-14(16-7-4-12-21-16)20-15-6-3-5-13-9-11-19-17(13)15;1-17-9-7-13(15-6-3-11-20-15)19-14-5-2-4-12-8-10-18-16(12)14;1-17-8-5-14(13-7-10-20-11-13)19-15-4-2-3-12-6-9-18-16(12)15;16-8-6-12(14-5-2-10-19-14)18-13-4-1-3-11-7-9-17-15(11)13/h3-7,9,11-12,14H,8,10H2,1-2H3;3-7,9,11,14,18H,8,10H2,1-2H3;3-7,9,11-12,14,18H,2,8,10H2,1H3;2-6,8,10-11,13,17H,7,9H2,1H3;2-4,6-7,9-11,14,17H,5,8H2,1H3;1-5,7,9-10,12H,6,8,16H2. The first-order valence-electron chi connectivity index (χ1n) is 41.0. The minimum atomic E-state index is -0.0132. The summed E-state index contributed by atoms with van der Waals surface area (Å²) in [5.41, 5.74) is 11.8. The van der Waals surface area contributed by atoms with Crippen molar-refractivity contribution >= 4 is 134 Å². The molecule has 24 heteroatoms. The van der Waals surface area contributed by atoms with Gasteiger partial charge in [0.2, 0.25) is 0 Å². The first-order chi connectivity index (χ1) is 60.0. The molecule has 636 valence electrons. The minimum absolute atomic E-state index is 0.0132. The number of rotatable bonds is 36. The van der Waals surface area contributed by atoms with Gasteiger partial charge < -0.3 is 86.8 Å². The van der Waals surface area contributed by atoms with Gasteiger partial charge in [-0.3, -0.25) is 0 Å². The highest BCUT2D eigenvalue weighted by Crippen LogP contribution is 2.41. The van der Waals surface area contributed by atoms with E-state index in [0.717, 1.165) is 178 Å². The number of nitrogens with one attached hydrogen (secondary N) is 4. The topological polar surface area (TPSA) is 212 Å². The Morgan fingerprint density at radius 1 is 0.336 bits per heavy atom. The van der Waals surface area contributed by atoms with Crippen LogP contribution in [0.5, 0.6) is 34.5 Å².